The van der Waals surface area contributed by atoms with Gasteiger partial charge in [0, 0.05) is 50.6 Å². The second-order valence-electron chi connectivity index (χ2n) is 2.45. The SMILES string of the molecule is S=S(=S)(S)S(=S)(=S)S(=S)(=S)S(=S)(=S)S(=S)(=S)S(=S)(=S)I. The van der Waals surface area contributed by atoms with Crippen LogP contribution in [0.5, 0.6) is 0 Å². The van der Waals surface area contributed by atoms with E-state index in [1.165, 1.54) is 0 Å². The van der Waals surface area contributed by atoms with Gasteiger partial charge in [0.1, 0.15) is 0 Å². The molecule has 0 fully saturated rings. The summed E-state index contributed by atoms with van der Waals surface area (Å²) in [5.74, 6) is 0. The summed E-state index contributed by atoms with van der Waals surface area (Å²) in [4.78, 5) is 0. The molecule has 0 rings (SSSR count). The maximum Gasteiger partial charge on any atom is 0.0451 e. The Hall–Kier alpha value is 5.82. The molecule has 0 aliphatic carbocycles. The predicted molar refractivity (Wildman–Crippen MR) is 156 cm³/mol. The van der Waals surface area contributed by atoms with Gasteiger partial charge in [0.15, 0.2) is 0 Å². The molecular weight excluding hydrogens is 736 g/mol. The summed E-state index contributed by atoms with van der Waals surface area (Å²) in [6.07, 6.45) is 0. The van der Waals surface area contributed by atoms with E-state index in [0.717, 1.165) is 0 Å². The number of thiol groups is 1. The van der Waals surface area contributed by atoms with Crippen molar-refractivity contribution in [3.63, 3.8) is 0 Å². The van der Waals surface area contributed by atoms with Gasteiger partial charge >= 0.3 is 0 Å². The Morgan fingerprint density at radius 1 is 0.500 bits per heavy atom. The van der Waals surface area contributed by atoms with Crippen molar-refractivity contribution in [1.29, 1.82) is 0 Å². The van der Waals surface area contributed by atoms with Gasteiger partial charge in [-0.1, -0.05) is 11.7 Å². The molecule has 0 aliphatic rings. The highest BCUT2D eigenvalue weighted by Gasteiger charge is 2.34. The standard InChI is InChI=1S/HIS19/c1-15(2,3)17(7,8)19(11,12)20(13,14)18(9,10)16(4,5)6/h(H,4,5,6). The van der Waals surface area contributed by atoms with Crippen LogP contribution < -0.4 is 0 Å². The first-order valence-corrected chi connectivity index (χ1v) is 30.2. The molecule has 0 aromatic rings. The van der Waals surface area contributed by atoms with Crippen LogP contribution in [0.25, 0.3) is 0 Å². The highest BCUT2D eigenvalue weighted by molar-refractivity contribution is 14.2. The number of hydrogen-bond acceptors (Lipinski definition) is 12. The largest absolute Gasteiger partial charge is 0.0917 e. The maximum atomic E-state index is 5.49. The smallest absolute Gasteiger partial charge is 0.0451 e. The fourth-order valence-electron chi connectivity index (χ4n) is 0.409. The average Bonchev–Trinajstić information content (AvgIpc) is 2.12. The summed E-state index contributed by atoms with van der Waals surface area (Å²) in [6.45, 7) is 0. The van der Waals surface area contributed by atoms with Crippen molar-refractivity contribution in [1.82, 2.24) is 0 Å². The van der Waals surface area contributed by atoms with E-state index in [1.54, 1.807) is 0 Å². The van der Waals surface area contributed by atoms with Crippen molar-refractivity contribution in [2.75, 3.05) is 0 Å². The Balaban J connectivity index is 7.12. The van der Waals surface area contributed by atoms with Gasteiger partial charge < -0.3 is 0 Å². The van der Waals surface area contributed by atoms with Gasteiger partial charge in [0.2, 0.25) is 0 Å². The lowest BCUT2D eigenvalue weighted by Gasteiger charge is -2.27. The molecule has 0 saturated heterocycles. The van der Waals surface area contributed by atoms with Crippen LogP contribution >= 0.6 is 32.9 Å². The molecule has 0 unspecified atom stereocenters. The zero-order valence-electron chi connectivity index (χ0n) is 8.17. The molecule has 0 saturated carbocycles. The first-order valence-electron chi connectivity index (χ1n) is 3.17. The molecule has 0 nitrogen and oxygen atoms in total. The fraction of sp³-hybridized carbons (Fsp3) is 0. The van der Waals surface area contributed by atoms with Crippen LogP contribution in [0.4, 0.5) is 0 Å². The molecule has 20 heavy (non-hydrogen) atoms. The second kappa shape index (κ2) is 8.05. The highest BCUT2D eigenvalue weighted by atomic mass is 127. The molecule has 0 radical (unpaired) electrons. The summed E-state index contributed by atoms with van der Waals surface area (Å²) >= 11 is 70.4. The van der Waals surface area contributed by atoms with Gasteiger partial charge in [-0.3, -0.25) is 0 Å². The minimum Gasteiger partial charge on any atom is -0.0917 e. The second-order valence-corrected chi connectivity index (χ2v) is 72.6. The van der Waals surface area contributed by atoms with Crippen LogP contribution in [-0.2, 0) is 164 Å². The Labute approximate surface area is 191 Å². The quantitative estimate of drug-likeness (QED) is 0.187. The van der Waals surface area contributed by atoms with Gasteiger partial charge in [-0.15, -0.1) is 0 Å². The minimum absolute atomic E-state index is 1.86. The predicted octanol–water partition coefficient (Wildman–Crippen LogP) is 1.22. The molecule has 0 bridgehead atoms. The fourth-order valence-corrected chi connectivity index (χ4v) is 109. The van der Waals surface area contributed by atoms with Crippen molar-refractivity contribution in [3.05, 3.63) is 0 Å². The number of halogens is 1. The monoisotopic (exact) mass is 735 g/mol. The van der Waals surface area contributed by atoms with Crippen LogP contribution in [0, 0.1) is 0 Å². The molecule has 122 valence electrons. The van der Waals surface area contributed by atoms with Gasteiger partial charge in [0.05, 0.1) is 0 Å². The first kappa shape index (κ1) is 25.8. The summed E-state index contributed by atoms with van der Waals surface area (Å²) in [6, 6.07) is 0. The average molecular weight is 737 g/mol. The van der Waals surface area contributed by atoms with E-state index in [2.05, 4.69) is 11.7 Å². The first-order chi connectivity index (χ1) is 8.25. The third-order valence-corrected chi connectivity index (χ3v) is 109. The molecular formula is HIS19. The van der Waals surface area contributed by atoms with E-state index < -0.39 is 29.4 Å². The normalized spacial score (nSPS) is 15.9. The van der Waals surface area contributed by atoms with Crippen molar-refractivity contribution in [2.24, 2.45) is 0 Å². The third kappa shape index (κ3) is 4.80. The Kier molecular flexibility index (Phi) is 10.4. The molecule has 0 aromatic heterocycles. The minimum atomic E-state index is -2.78. The lowest BCUT2D eigenvalue weighted by molar-refractivity contribution is 5.09. The summed E-state index contributed by atoms with van der Waals surface area (Å²) in [7, 11) is 0. The van der Waals surface area contributed by atoms with Crippen LogP contribution in [0.15, 0.2) is 0 Å². The topological polar surface area (TPSA) is 0 Å². The molecule has 0 aliphatic heterocycles. The molecule has 0 aromatic carbocycles. The molecule has 0 N–H and O–H groups in total. The van der Waals surface area contributed by atoms with Crippen molar-refractivity contribution < 1.29 is 0 Å². The van der Waals surface area contributed by atoms with E-state index in [1.807, 2.05) is 21.2 Å². The van der Waals surface area contributed by atoms with E-state index >= 15 is 0 Å². The van der Waals surface area contributed by atoms with E-state index in [9.17, 15) is 0 Å². The lowest BCUT2D eigenvalue weighted by atomic mass is 29.8. The Morgan fingerprint density at radius 2 is 0.750 bits per heavy atom. The molecule has 0 atom stereocenters. The number of rotatable bonds is 5. The van der Waals surface area contributed by atoms with Gasteiger partial charge in [0.25, 0.3) is 0 Å². The van der Waals surface area contributed by atoms with Crippen LogP contribution in [0.1, 0.15) is 0 Å². The van der Waals surface area contributed by atoms with Crippen LogP contribution in [0.3, 0.4) is 0 Å². The van der Waals surface area contributed by atoms with E-state index in [0.29, 0.717) is 0 Å². The molecule has 0 heterocycles. The highest BCUT2D eigenvalue weighted by Crippen LogP contribution is 2.34. The zero-order chi connectivity index (χ0) is 17.0. The van der Waals surface area contributed by atoms with Crippen molar-refractivity contribution in [2.45, 2.75) is 0 Å². The van der Waals surface area contributed by atoms with E-state index in [4.69, 9.17) is 134 Å². The van der Waals surface area contributed by atoms with Gasteiger partial charge in [-0.25, -0.2) is 0 Å². The Morgan fingerprint density at radius 3 is 0.950 bits per heavy atom. The van der Waals surface area contributed by atoms with Crippen molar-refractivity contribution >= 4 is 197 Å². The van der Waals surface area contributed by atoms with Gasteiger partial charge in [-0.2, -0.15) is 0 Å². The summed E-state index contributed by atoms with van der Waals surface area (Å²) < 4.78 is -2.25. The Bertz CT molecular complexity index is 928. The number of hydrogen-bond donors (Lipinski definition) is 1. The van der Waals surface area contributed by atoms with Gasteiger partial charge in [-0.05, 0) is 134 Å². The van der Waals surface area contributed by atoms with Crippen LogP contribution in [-0.4, -0.2) is 0 Å². The summed E-state index contributed by atoms with van der Waals surface area (Å²) in [5.41, 5.74) is 0. The van der Waals surface area contributed by atoms with E-state index in [-0.39, 0.29) is 0 Å². The van der Waals surface area contributed by atoms with Crippen molar-refractivity contribution in [3.8, 4) is 0 Å². The zero-order valence-corrected chi connectivity index (χ0v) is 25.9. The third-order valence-electron chi connectivity index (χ3n) is 1.25. The van der Waals surface area contributed by atoms with Crippen LogP contribution in [0.2, 0.25) is 0 Å². The molecule has 20 heteroatoms. The molecule has 0 spiro atoms. The lowest BCUT2D eigenvalue weighted by Crippen LogP contribution is -2.28. The summed E-state index contributed by atoms with van der Waals surface area (Å²) in [5, 5.41) is -13.3. The maximum absolute atomic E-state index is 5.49. The molecule has 0 amide bonds.